The maximum Gasteiger partial charge on any atom is 0.225 e. The van der Waals surface area contributed by atoms with E-state index in [1.54, 1.807) is 0 Å². The molecule has 1 N–H and O–H groups in total. The summed E-state index contributed by atoms with van der Waals surface area (Å²) in [4.78, 5) is 19.6. The zero-order valence-electron chi connectivity index (χ0n) is 10.4. The van der Waals surface area contributed by atoms with Crippen LogP contribution in [0.25, 0.3) is 0 Å². The van der Waals surface area contributed by atoms with Crippen LogP contribution in [0.4, 0.5) is 5.82 Å². The Bertz CT molecular complexity index is 405. The Balaban J connectivity index is 1.76. The first-order valence-electron chi connectivity index (χ1n) is 6.52. The summed E-state index contributed by atoms with van der Waals surface area (Å²) in [7, 11) is 0. The predicted molar refractivity (Wildman–Crippen MR) is 71.5 cm³/mol. The lowest BCUT2D eigenvalue weighted by atomic mass is 9.86. The minimum atomic E-state index is -0.0250. The molecule has 0 aliphatic heterocycles. The number of carbonyl (C=O) groups is 1. The van der Waals surface area contributed by atoms with Crippen LogP contribution in [-0.2, 0) is 4.79 Å². The van der Waals surface area contributed by atoms with Gasteiger partial charge in [0.15, 0.2) is 11.0 Å². The van der Waals surface area contributed by atoms with E-state index in [9.17, 15) is 4.79 Å². The van der Waals surface area contributed by atoms with Gasteiger partial charge in [-0.25, -0.2) is 9.97 Å². The van der Waals surface area contributed by atoms with Gasteiger partial charge in [-0.2, -0.15) is 0 Å². The monoisotopic (exact) mass is 267 g/mol. The number of hydrogen-bond donors (Lipinski definition) is 1. The lowest BCUT2D eigenvalue weighted by Gasteiger charge is -2.20. The summed E-state index contributed by atoms with van der Waals surface area (Å²) in [6.45, 7) is 0. The van der Waals surface area contributed by atoms with Crippen LogP contribution in [0, 0.1) is 5.92 Å². The molecule has 0 unspecified atom stereocenters. The van der Waals surface area contributed by atoms with Gasteiger partial charge in [0.05, 0.1) is 0 Å². The normalized spacial score (nSPS) is 16.5. The standard InChI is InChI=1S/C13H18ClN3O/c14-12-13(16-9-8-15-12)17-11(18)7-6-10-4-2-1-3-5-10/h8-10H,1-7H2,(H,16,17,18). The highest BCUT2D eigenvalue weighted by molar-refractivity contribution is 6.32. The molecular weight excluding hydrogens is 250 g/mol. The zero-order chi connectivity index (χ0) is 12.8. The molecule has 0 bridgehead atoms. The van der Waals surface area contributed by atoms with Crippen LogP contribution >= 0.6 is 11.6 Å². The lowest BCUT2D eigenvalue weighted by molar-refractivity contribution is -0.116. The molecule has 1 aliphatic rings. The van der Waals surface area contributed by atoms with E-state index in [0.29, 0.717) is 18.2 Å². The third-order valence-electron chi connectivity index (χ3n) is 3.42. The number of hydrogen-bond acceptors (Lipinski definition) is 3. The molecule has 1 fully saturated rings. The van der Waals surface area contributed by atoms with E-state index < -0.39 is 0 Å². The fourth-order valence-corrected chi connectivity index (χ4v) is 2.56. The lowest BCUT2D eigenvalue weighted by Crippen LogP contribution is -2.16. The number of aromatic nitrogens is 2. The zero-order valence-corrected chi connectivity index (χ0v) is 11.1. The summed E-state index contributed by atoms with van der Waals surface area (Å²) in [5.41, 5.74) is 0. The molecular formula is C13H18ClN3O. The first-order valence-corrected chi connectivity index (χ1v) is 6.90. The molecule has 0 aromatic carbocycles. The summed E-state index contributed by atoms with van der Waals surface area (Å²) in [6, 6.07) is 0. The van der Waals surface area contributed by atoms with Gasteiger partial charge in [0, 0.05) is 18.8 Å². The molecule has 0 radical (unpaired) electrons. The molecule has 0 saturated heterocycles. The van der Waals surface area contributed by atoms with Gasteiger partial charge in [-0.05, 0) is 12.3 Å². The second-order valence-corrected chi connectivity index (χ2v) is 5.14. The van der Waals surface area contributed by atoms with E-state index in [4.69, 9.17) is 11.6 Å². The van der Waals surface area contributed by atoms with Gasteiger partial charge in [-0.15, -0.1) is 0 Å². The van der Waals surface area contributed by atoms with E-state index in [2.05, 4.69) is 15.3 Å². The summed E-state index contributed by atoms with van der Waals surface area (Å²) in [5.74, 6) is 1.04. The number of nitrogens with one attached hydrogen (secondary N) is 1. The smallest absolute Gasteiger partial charge is 0.225 e. The molecule has 4 nitrogen and oxygen atoms in total. The molecule has 98 valence electrons. The number of nitrogens with zero attached hydrogens (tertiary/aromatic N) is 2. The van der Waals surface area contributed by atoms with Gasteiger partial charge >= 0.3 is 0 Å². The highest BCUT2D eigenvalue weighted by atomic mass is 35.5. The average molecular weight is 268 g/mol. The van der Waals surface area contributed by atoms with Crippen LogP contribution in [0.2, 0.25) is 5.15 Å². The Labute approximate surface area is 112 Å². The van der Waals surface area contributed by atoms with Crippen molar-refractivity contribution in [3.05, 3.63) is 17.5 Å². The maximum atomic E-state index is 11.8. The maximum absolute atomic E-state index is 11.8. The molecule has 1 aromatic rings. The Kier molecular flexibility index (Phi) is 4.93. The number of anilines is 1. The van der Waals surface area contributed by atoms with Crippen molar-refractivity contribution in [1.82, 2.24) is 9.97 Å². The molecule has 2 rings (SSSR count). The van der Waals surface area contributed by atoms with Crippen molar-refractivity contribution in [3.63, 3.8) is 0 Å². The number of amides is 1. The van der Waals surface area contributed by atoms with Crippen LogP contribution in [0.1, 0.15) is 44.9 Å². The van der Waals surface area contributed by atoms with Gasteiger partial charge in [0.1, 0.15) is 0 Å². The van der Waals surface area contributed by atoms with Crippen molar-refractivity contribution in [2.24, 2.45) is 5.92 Å². The largest absolute Gasteiger partial charge is 0.308 e. The minimum absolute atomic E-state index is 0.0250. The quantitative estimate of drug-likeness (QED) is 0.909. The predicted octanol–water partition coefficient (Wildman–Crippen LogP) is 3.43. The Morgan fingerprint density at radius 2 is 2.00 bits per heavy atom. The summed E-state index contributed by atoms with van der Waals surface area (Å²) < 4.78 is 0. The minimum Gasteiger partial charge on any atom is -0.308 e. The van der Waals surface area contributed by atoms with Crippen molar-refractivity contribution >= 4 is 23.3 Å². The first-order chi connectivity index (χ1) is 8.75. The summed E-state index contributed by atoms with van der Waals surface area (Å²) >= 11 is 5.83. The summed E-state index contributed by atoms with van der Waals surface area (Å²) in [6.07, 6.45) is 11.0. The number of rotatable bonds is 4. The highest BCUT2D eigenvalue weighted by Crippen LogP contribution is 2.27. The van der Waals surface area contributed by atoms with Crippen LogP contribution in [0.15, 0.2) is 12.4 Å². The Morgan fingerprint density at radius 3 is 2.72 bits per heavy atom. The second-order valence-electron chi connectivity index (χ2n) is 4.79. The van der Waals surface area contributed by atoms with E-state index in [-0.39, 0.29) is 11.1 Å². The first kappa shape index (κ1) is 13.3. The summed E-state index contributed by atoms with van der Waals surface area (Å²) in [5, 5.41) is 2.94. The van der Waals surface area contributed by atoms with E-state index in [1.165, 1.54) is 44.5 Å². The number of halogens is 1. The van der Waals surface area contributed by atoms with Gasteiger partial charge in [0.2, 0.25) is 5.91 Å². The molecule has 18 heavy (non-hydrogen) atoms. The van der Waals surface area contributed by atoms with Crippen LogP contribution in [-0.4, -0.2) is 15.9 Å². The van der Waals surface area contributed by atoms with Crippen LogP contribution in [0.3, 0.4) is 0 Å². The van der Waals surface area contributed by atoms with Crippen molar-refractivity contribution in [2.75, 3.05) is 5.32 Å². The molecule has 1 amide bonds. The van der Waals surface area contributed by atoms with Crippen molar-refractivity contribution in [1.29, 1.82) is 0 Å². The van der Waals surface area contributed by atoms with Crippen LogP contribution < -0.4 is 5.32 Å². The van der Waals surface area contributed by atoms with E-state index in [0.717, 1.165) is 6.42 Å². The van der Waals surface area contributed by atoms with Crippen LogP contribution in [0.5, 0.6) is 0 Å². The fraction of sp³-hybridized carbons (Fsp3) is 0.615. The SMILES string of the molecule is O=C(CCC1CCCCC1)Nc1nccnc1Cl. The van der Waals surface area contributed by atoms with E-state index >= 15 is 0 Å². The highest BCUT2D eigenvalue weighted by Gasteiger charge is 2.15. The molecule has 5 heteroatoms. The Hall–Kier alpha value is -1.16. The molecule has 1 aromatic heterocycles. The Morgan fingerprint density at radius 1 is 1.28 bits per heavy atom. The van der Waals surface area contributed by atoms with Gasteiger partial charge < -0.3 is 5.32 Å². The van der Waals surface area contributed by atoms with Crippen molar-refractivity contribution < 1.29 is 4.79 Å². The molecule has 1 saturated carbocycles. The molecule has 1 aliphatic carbocycles. The van der Waals surface area contributed by atoms with E-state index in [1.807, 2.05) is 0 Å². The van der Waals surface area contributed by atoms with Gasteiger partial charge in [-0.3, -0.25) is 4.79 Å². The third kappa shape index (κ3) is 3.95. The molecule has 0 spiro atoms. The second kappa shape index (κ2) is 6.69. The van der Waals surface area contributed by atoms with Crippen molar-refractivity contribution in [2.45, 2.75) is 44.9 Å². The molecule has 0 atom stereocenters. The van der Waals surface area contributed by atoms with Crippen molar-refractivity contribution in [3.8, 4) is 0 Å². The van der Waals surface area contributed by atoms with Gasteiger partial charge in [0.25, 0.3) is 0 Å². The fourth-order valence-electron chi connectivity index (χ4n) is 2.41. The average Bonchev–Trinajstić information content (AvgIpc) is 2.40. The van der Waals surface area contributed by atoms with Gasteiger partial charge in [-0.1, -0.05) is 43.7 Å². The third-order valence-corrected chi connectivity index (χ3v) is 3.69. The number of carbonyl (C=O) groups excluding carboxylic acids is 1. The topological polar surface area (TPSA) is 54.9 Å². The molecule has 1 heterocycles.